The van der Waals surface area contributed by atoms with Gasteiger partial charge >= 0.3 is 11.9 Å². The molecule has 0 aliphatic rings. The number of pyridine rings is 1. The van der Waals surface area contributed by atoms with Crippen LogP contribution in [-0.2, 0) is 19.1 Å². The average molecular weight is 421 g/mol. The summed E-state index contributed by atoms with van der Waals surface area (Å²) in [6, 6.07) is 4.15. The Morgan fingerprint density at radius 2 is 1.13 bits per heavy atom. The van der Waals surface area contributed by atoms with Gasteiger partial charge in [0.15, 0.2) is 12.2 Å². The molecule has 1 aromatic heterocycles. The first-order chi connectivity index (χ1) is 14.0. The molecule has 2 N–H and O–H groups in total. The molecule has 0 saturated heterocycles. The second-order valence-corrected chi connectivity index (χ2v) is 7.78. The van der Waals surface area contributed by atoms with Crippen LogP contribution in [0.4, 0.5) is 0 Å². The number of hydrogen-bond acceptors (Lipinski definition) is 7. The van der Waals surface area contributed by atoms with E-state index in [2.05, 4.69) is 15.6 Å². The third kappa shape index (κ3) is 8.59. The van der Waals surface area contributed by atoms with Crippen LogP contribution in [0.1, 0.15) is 62.5 Å². The normalized spacial score (nSPS) is 12.8. The average Bonchev–Trinajstić information content (AvgIpc) is 2.69. The minimum atomic E-state index is -1.02. The van der Waals surface area contributed by atoms with E-state index in [0.717, 1.165) is 0 Å². The Hall–Kier alpha value is -2.97. The summed E-state index contributed by atoms with van der Waals surface area (Å²) in [7, 11) is 0. The summed E-state index contributed by atoms with van der Waals surface area (Å²) in [6.45, 7) is 11.6. The van der Waals surface area contributed by atoms with Gasteiger partial charge in [0, 0.05) is 13.1 Å². The van der Waals surface area contributed by atoms with Crippen molar-refractivity contribution in [2.45, 2.75) is 53.8 Å². The predicted octanol–water partition coefficient (Wildman–Crippen LogP) is 1.72. The SMILES string of the molecule is CC(C)CNC(=O)[C@H](C)OC(=O)c1cccc(C(=O)O[C@@H](C)C(=O)NCC(C)C)n1. The standard InChI is InChI=1S/C21H31N3O6/c1-12(2)10-22-18(25)14(5)29-20(27)16-8-7-9-17(24-16)21(28)30-15(6)19(26)23-11-13(3)4/h7-9,12-15H,10-11H2,1-6H3,(H,22,25)(H,23,26)/t14-,15-/m0/s1. The van der Waals surface area contributed by atoms with E-state index in [9.17, 15) is 19.2 Å². The highest BCUT2D eigenvalue weighted by Gasteiger charge is 2.23. The van der Waals surface area contributed by atoms with Gasteiger partial charge in [-0.1, -0.05) is 33.8 Å². The molecule has 0 radical (unpaired) electrons. The highest BCUT2D eigenvalue weighted by atomic mass is 16.6. The maximum Gasteiger partial charge on any atom is 0.357 e. The van der Waals surface area contributed by atoms with Gasteiger partial charge in [0.05, 0.1) is 0 Å². The molecule has 2 atom stereocenters. The first kappa shape index (κ1) is 25.1. The van der Waals surface area contributed by atoms with Crippen LogP contribution in [0.5, 0.6) is 0 Å². The van der Waals surface area contributed by atoms with E-state index >= 15 is 0 Å². The summed E-state index contributed by atoms with van der Waals surface area (Å²) in [4.78, 5) is 52.4. The van der Waals surface area contributed by atoms with Crippen LogP contribution < -0.4 is 10.6 Å². The number of esters is 2. The topological polar surface area (TPSA) is 124 Å². The van der Waals surface area contributed by atoms with Crippen molar-refractivity contribution in [3.63, 3.8) is 0 Å². The minimum absolute atomic E-state index is 0.148. The van der Waals surface area contributed by atoms with Crippen LogP contribution in [0.15, 0.2) is 18.2 Å². The summed E-state index contributed by atoms with van der Waals surface area (Å²) in [5.41, 5.74) is -0.297. The Balaban J connectivity index is 2.70. The Bertz CT molecular complexity index is 704. The molecule has 0 saturated carbocycles. The largest absolute Gasteiger partial charge is 0.448 e. The molecule has 9 heteroatoms. The van der Waals surface area contributed by atoms with Gasteiger partial charge in [0.25, 0.3) is 11.8 Å². The summed E-state index contributed by atoms with van der Waals surface area (Å²) < 4.78 is 10.2. The number of carbonyl (C=O) groups excluding carboxylic acids is 4. The molecule has 0 aliphatic carbocycles. The Kier molecular flexibility index (Phi) is 9.94. The Labute approximate surface area is 176 Å². The molecule has 0 unspecified atom stereocenters. The van der Waals surface area contributed by atoms with Gasteiger partial charge in [0.1, 0.15) is 11.4 Å². The zero-order valence-electron chi connectivity index (χ0n) is 18.4. The zero-order chi connectivity index (χ0) is 22.8. The molecule has 9 nitrogen and oxygen atoms in total. The van der Waals surface area contributed by atoms with E-state index in [1.54, 1.807) is 0 Å². The third-order valence-corrected chi connectivity index (χ3v) is 3.84. The molecular formula is C21H31N3O6. The molecule has 0 bridgehead atoms. The fourth-order valence-electron chi connectivity index (χ4n) is 2.11. The van der Waals surface area contributed by atoms with E-state index in [1.165, 1.54) is 32.0 Å². The number of aromatic nitrogens is 1. The van der Waals surface area contributed by atoms with Crippen molar-refractivity contribution in [2.75, 3.05) is 13.1 Å². The lowest BCUT2D eigenvalue weighted by molar-refractivity contribution is -0.129. The Morgan fingerprint density at radius 3 is 1.47 bits per heavy atom. The number of carbonyl (C=O) groups is 4. The second kappa shape index (κ2) is 11.9. The first-order valence-electron chi connectivity index (χ1n) is 9.95. The van der Waals surface area contributed by atoms with Crippen molar-refractivity contribution < 1.29 is 28.7 Å². The molecule has 0 spiro atoms. The molecule has 2 amide bonds. The van der Waals surface area contributed by atoms with Gasteiger partial charge < -0.3 is 20.1 Å². The Morgan fingerprint density at radius 1 is 0.767 bits per heavy atom. The predicted molar refractivity (Wildman–Crippen MR) is 110 cm³/mol. The van der Waals surface area contributed by atoms with E-state index in [4.69, 9.17) is 9.47 Å². The summed E-state index contributed by atoms with van der Waals surface area (Å²) >= 11 is 0. The third-order valence-electron chi connectivity index (χ3n) is 3.84. The maximum atomic E-state index is 12.3. The number of hydrogen-bond donors (Lipinski definition) is 2. The van der Waals surface area contributed by atoms with Crippen LogP contribution in [-0.4, -0.2) is 54.0 Å². The summed E-state index contributed by atoms with van der Waals surface area (Å²) in [5, 5.41) is 5.34. The minimum Gasteiger partial charge on any atom is -0.448 e. The summed E-state index contributed by atoms with van der Waals surface area (Å²) in [6.07, 6.45) is -2.03. The monoisotopic (exact) mass is 421 g/mol. The highest BCUT2D eigenvalue weighted by molar-refractivity contribution is 5.94. The van der Waals surface area contributed by atoms with Crippen LogP contribution in [0.25, 0.3) is 0 Å². The fraction of sp³-hybridized carbons (Fsp3) is 0.571. The van der Waals surface area contributed by atoms with Crippen LogP contribution >= 0.6 is 0 Å². The fourth-order valence-corrected chi connectivity index (χ4v) is 2.11. The number of nitrogens with one attached hydrogen (secondary N) is 2. The van der Waals surface area contributed by atoms with Gasteiger partial charge in [0.2, 0.25) is 0 Å². The van der Waals surface area contributed by atoms with Crippen molar-refractivity contribution in [3.05, 3.63) is 29.6 Å². The molecule has 166 valence electrons. The molecular weight excluding hydrogens is 390 g/mol. The van der Waals surface area contributed by atoms with Crippen LogP contribution in [0, 0.1) is 11.8 Å². The molecule has 0 fully saturated rings. The lowest BCUT2D eigenvalue weighted by Gasteiger charge is -2.15. The first-order valence-corrected chi connectivity index (χ1v) is 9.95. The van der Waals surface area contributed by atoms with Gasteiger partial charge in [-0.05, 0) is 37.8 Å². The molecule has 0 aromatic carbocycles. The molecule has 1 aromatic rings. The van der Waals surface area contributed by atoms with Gasteiger partial charge in [-0.25, -0.2) is 14.6 Å². The molecule has 1 heterocycles. The van der Waals surface area contributed by atoms with E-state index in [0.29, 0.717) is 13.1 Å². The number of rotatable bonds is 10. The zero-order valence-corrected chi connectivity index (χ0v) is 18.4. The van der Waals surface area contributed by atoms with Crippen LogP contribution in [0.3, 0.4) is 0 Å². The smallest absolute Gasteiger partial charge is 0.357 e. The summed E-state index contributed by atoms with van der Waals surface area (Å²) in [5.74, 6) is -2.02. The quantitative estimate of drug-likeness (QED) is 0.551. The van der Waals surface area contributed by atoms with Crippen molar-refractivity contribution in [3.8, 4) is 0 Å². The second-order valence-electron chi connectivity index (χ2n) is 7.78. The van der Waals surface area contributed by atoms with E-state index < -0.39 is 36.0 Å². The molecule has 0 aliphatic heterocycles. The molecule has 1 rings (SSSR count). The van der Waals surface area contributed by atoms with Crippen molar-refractivity contribution in [1.29, 1.82) is 0 Å². The lowest BCUT2D eigenvalue weighted by Crippen LogP contribution is -2.38. The number of amides is 2. The van der Waals surface area contributed by atoms with Crippen LogP contribution in [0.2, 0.25) is 0 Å². The molecule has 30 heavy (non-hydrogen) atoms. The number of nitrogens with zero attached hydrogens (tertiary/aromatic N) is 1. The number of ether oxygens (including phenoxy) is 2. The maximum absolute atomic E-state index is 12.3. The van der Waals surface area contributed by atoms with E-state index in [1.807, 2.05) is 27.7 Å². The van der Waals surface area contributed by atoms with Gasteiger partial charge in [-0.15, -0.1) is 0 Å². The van der Waals surface area contributed by atoms with Crippen molar-refractivity contribution in [2.24, 2.45) is 11.8 Å². The highest BCUT2D eigenvalue weighted by Crippen LogP contribution is 2.07. The lowest BCUT2D eigenvalue weighted by atomic mass is 10.2. The van der Waals surface area contributed by atoms with Crippen molar-refractivity contribution >= 4 is 23.8 Å². The van der Waals surface area contributed by atoms with E-state index in [-0.39, 0.29) is 23.2 Å². The van der Waals surface area contributed by atoms with Gasteiger partial charge in [-0.3, -0.25) is 9.59 Å². The van der Waals surface area contributed by atoms with Gasteiger partial charge in [-0.2, -0.15) is 0 Å². The van der Waals surface area contributed by atoms with Crippen molar-refractivity contribution in [1.82, 2.24) is 15.6 Å².